The minimum Gasteiger partial charge on any atom is -0.481 e. The number of aromatic nitrogens is 1. The monoisotopic (exact) mass is 278 g/mol. The van der Waals surface area contributed by atoms with E-state index in [1.165, 1.54) is 0 Å². The molecule has 1 fully saturated rings. The predicted octanol–water partition coefficient (Wildman–Crippen LogP) is 1.74. The third kappa shape index (κ3) is 3.77. The molecule has 0 aromatic carbocycles. The summed E-state index contributed by atoms with van der Waals surface area (Å²) in [5.74, 6) is -1.05. The van der Waals surface area contributed by atoms with Gasteiger partial charge in [0.1, 0.15) is 0 Å². The molecule has 2 rings (SSSR count). The second-order valence-corrected chi connectivity index (χ2v) is 5.69. The van der Waals surface area contributed by atoms with Crippen LogP contribution in [0.25, 0.3) is 0 Å². The second kappa shape index (κ2) is 6.33. The molecule has 110 valence electrons. The van der Waals surface area contributed by atoms with Crippen LogP contribution in [0.1, 0.15) is 44.3 Å². The third-order valence-electron chi connectivity index (χ3n) is 4.13. The molecular formula is C15H22N2O3. The van der Waals surface area contributed by atoms with Crippen LogP contribution < -0.4 is 5.32 Å². The van der Waals surface area contributed by atoms with Gasteiger partial charge in [-0.1, -0.05) is 6.07 Å². The van der Waals surface area contributed by atoms with Crippen molar-refractivity contribution >= 4 is 5.97 Å². The molecule has 0 amide bonds. The summed E-state index contributed by atoms with van der Waals surface area (Å²) >= 11 is 0. The van der Waals surface area contributed by atoms with E-state index in [9.17, 15) is 9.90 Å². The SMILES string of the molecule is C[C@@H](NCC1(O)CCC(C(=O)O)CC1)c1ccccn1. The average molecular weight is 278 g/mol. The van der Waals surface area contributed by atoms with E-state index in [-0.39, 0.29) is 12.0 Å². The van der Waals surface area contributed by atoms with Gasteiger partial charge in [-0.15, -0.1) is 0 Å². The topological polar surface area (TPSA) is 82.5 Å². The summed E-state index contributed by atoms with van der Waals surface area (Å²) in [6, 6.07) is 5.82. The molecule has 1 atom stereocenters. The first kappa shape index (κ1) is 14.9. The van der Waals surface area contributed by atoms with Crippen LogP contribution in [0.15, 0.2) is 24.4 Å². The molecule has 0 saturated heterocycles. The highest BCUT2D eigenvalue weighted by Crippen LogP contribution is 2.32. The molecule has 0 bridgehead atoms. The molecule has 1 heterocycles. The number of hydrogen-bond acceptors (Lipinski definition) is 4. The largest absolute Gasteiger partial charge is 0.481 e. The number of aliphatic carboxylic acids is 1. The Labute approximate surface area is 119 Å². The van der Waals surface area contributed by atoms with E-state index in [0.717, 1.165) is 5.69 Å². The van der Waals surface area contributed by atoms with Crippen molar-refractivity contribution in [2.24, 2.45) is 5.92 Å². The van der Waals surface area contributed by atoms with Crippen molar-refractivity contribution in [3.05, 3.63) is 30.1 Å². The zero-order valence-corrected chi connectivity index (χ0v) is 11.7. The summed E-state index contributed by atoms with van der Waals surface area (Å²) in [6.07, 6.45) is 3.91. The molecule has 0 spiro atoms. The highest BCUT2D eigenvalue weighted by atomic mass is 16.4. The molecule has 0 aliphatic heterocycles. The van der Waals surface area contributed by atoms with E-state index in [1.807, 2.05) is 25.1 Å². The van der Waals surface area contributed by atoms with Crippen LogP contribution in [0.3, 0.4) is 0 Å². The van der Waals surface area contributed by atoms with Gasteiger partial charge in [0.2, 0.25) is 0 Å². The fraction of sp³-hybridized carbons (Fsp3) is 0.600. The minimum atomic E-state index is -0.797. The van der Waals surface area contributed by atoms with E-state index >= 15 is 0 Å². The Balaban J connectivity index is 1.83. The molecule has 1 aliphatic rings. The van der Waals surface area contributed by atoms with E-state index < -0.39 is 11.6 Å². The lowest BCUT2D eigenvalue weighted by Crippen LogP contribution is -2.45. The summed E-state index contributed by atoms with van der Waals surface area (Å²) in [5.41, 5.74) is 0.143. The third-order valence-corrected chi connectivity index (χ3v) is 4.13. The van der Waals surface area contributed by atoms with Crippen LogP contribution in [-0.2, 0) is 4.79 Å². The Hall–Kier alpha value is -1.46. The van der Waals surface area contributed by atoms with Crippen molar-refractivity contribution in [2.75, 3.05) is 6.54 Å². The number of nitrogens with zero attached hydrogens (tertiary/aromatic N) is 1. The Morgan fingerprint density at radius 2 is 2.20 bits per heavy atom. The standard InChI is InChI=1S/C15H22N2O3/c1-11(13-4-2-3-9-16-13)17-10-15(20)7-5-12(6-8-15)14(18)19/h2-4,9,11-12,17,20H,5-8,10H2,1H3,(H,18,19)/t11-,12?,15?/m1/s1. The van der Waals surface area contributed by atoms with Crippen molar-refractivity contribution < 1.29 is 15.0 Å². The second-order valence-electron chi connectivity index (χ2n) is 5.69. The van der Waals surface area contributed by atoms with Crippen LogP contribution in [0.4, 0.5) is 0 Å². The molecule has 5 nitrogen and oxygen atoms in total. The van der Waals surface area contributed by atoms with Crippen molar-refractivity contribution in [2.45, 2.75) is 44.2 Å². The normalized spacial score (nSPS) is 28.0. The van der Waals surface area contributed by atoms with Gasteiger partial charge in [-0.3, -0.25) is 9.78 Å². The maximum absolute atomic E-state index is 10.9. The average Bonchev–Trinajstić information content (AvgIpc) is 2.46. The molecule has 0 unspecified atom stereocenters. The highest BCUT2D eigenvalue weighted by Gasteiger charge is 2.35. The summed E-state index contributed by atoms with van der Waals surface area (Å²) in [4.78, 5) is 15.2. The molecule has 1 aromatic rings. The first-order valence-corrected chi connectivity index (χ1v) is 7.10. The van der Waals surface area contributed by atoms with Crippen molar-refractivity contribution in [1.29, 1.82) is 0 Å². The van der Waals surface area contributed by atoms with E-state index in [2.05, 4.69) is 10.3 Å². The number of carboxylic acid groups (broad SMARTS) is 1. The van der Waals surface area contributed by atoms with Gasteiger partial charge in [0.15, 0.2) is 0 Å². The first-order valence-electron chi connectivity index (χ1n) is 7.10. The Kier molecular flexibility index (Phi) is 4.73. The molecule has 1 aromatic heterocycles. The Bertz CT molecular complexity index is 442. The quantitative estimate of drug-likeness (QED) is 0.764. The summed E-state index contributed by atoms with van der Waals surface area (Å²) in [5, 5.41) is 22.8. The van der Waals surface area contributed by atoms with Gasteiger partial charge in [-0.2, -0.15) is 0 Å². The van der Waals surface area contributed by atoms with Gasteiger partial charge in [0.05, 0.1) is 17.2 Å². The van der Waals surface area contributed by atoms with Crippen LogP contribution >= 0.6 is 0 Å². The number of carboxylic acids is 1. The van der Waals surface area contributed by atoms with E-state index in [1.54, 1.807) is 6.20 Å². The maximum atomic E-state index is 10.9. The van der Waals surface area contributed by atoms with Crippen LogP contribution in [-0.4, -0.2) is 33.3 Å². The van der Waals surface area contributed by atoms with E-state index in [0.29, 0.717) is 32.2 Å². The summed E-state index contributed by atoms with van der Waals surface area (Å²) < 4.78 is 0. The molecule has 1 aliphatic carbocycles. The number of nitrogens with one attached hydrogen (secondary N) is 1. The number of hydrogen-bond donors (Lipinski definition) is 3. The molecule has 5 heteroatoms. The van der Waals surface area contributed by atoms with Crippen LogP contribution in [0, 0.1) is 5.92 Å². The van der Waals surface area contributed by atoms with Gasteiger partial charge in [-0.05, 0) is 44.7 Å². The van der Waals surface area contributed by atoms with Crippen molar-refractivity contribution in [1.82, 2.24) is 10.3 Å². The van der Waals surface area contributed by atoms with Crippen LogP contribution in [0.2, 0.25) is 0 Å². The fourth-order valence-corrected chi connectivity index (χ4v) is 2.66. The zero-order chi connectivity index (χ0) is 14.6. The fourth-order valence-electron chi connectivity index (χ4n) is 2.66. The minimum absolute atomic E-state index is 0.0671. The lowest BCUT2D eigenvalue weighted by Gasteiger charge is -2.35. The summed E-state index contributed by atoms with van der Waals surface area (Å²) in [6.45, 7) is 2.48. The molecule has 1 saturated carbocycles. The number of pyridine rings is 1. The zero-order valence-electron chi connectivity index (χ0n) is 11.7. The lowest BCUT2D eigenvalue weighted by atomic mass is 9.78. The van der Waals surface area contributed by atoms with Crippen molar-refractivity contribution in [3.8, 4) is 0 Å². The van der Waals surface area contributed by atoms with Gasteiger partial charge in [0, 0.05) is 18.8 Å². The number of aliphatic hydroxyl groups is 1. The molecule has 0 radical (unpaired) electrons. The van der Waals surface area contributed by atoms with Gasteiger partial charge < -0.3 is 15.5 Å². The highest BCUT2D eigenvalue weighted by molar-refractivity contribution is 5.70. The lowest BCUT2D eigenvalue weighted by molar-refractivity contribution is -0.144. The van der Waals surface area contributed by atoms with Crippen molar-refractivity contribution in [3.63, 3.8) is 0 Å². The van der Waals surface area contributed by atoms with Gasteiger partial charge in [-0.25, -0.2) is 0 Å². The molecule has 3 N–H and O–H groups in total. The van der Waals surface area contributed by atoms with Crippen LogP contribution in [0.5, 0.6) is 0 Å². The first-order chi connectivity index (χ1) is 9.50. The van der Waals surface area contributed by atoms with Gasteiger partial charge in [0.25, 0.3) is 0 Å². The molecular weight excluding hydrogens is 256 g/mol. The smallest absolute Gasteiger partial charge is 0.306 e. The Morgan fingerprint density at radius 3 is 2.75 bits per heavy atom. The number of carbonyl (C=O) groups is 1. The predicted molar refractivity (Wildman–Crippen MR) is 75.2 cm³/mol. The number of rotatable bonds is 5. The van der Waals surface area contributed by atoms with E-state index in [4.69, 9.17) is 5.11 Å². The summed E-state index contributed by atoms with van der Waals surface area (Å²) in [7, 11) is 0. The molecule has 20 heavy (non-hydrogen) atoms. The van der Waals surface area contributed by atoms with Gasteiger partial charge >= 0.3 is 5.97 Å². The Morgan fingerprint density at radius 1 is 1.50 bits per heavy atom. The maximum Gasteiger partial charge on any atom is 0.306 e.